The van der Waals surface area contributed by atoms with Crippen molar-refractivity contribution in [2.24, 2.45) is 0 Å². The number of phenolic OH excluding ortho intramolecular Hbond substituents is 1. The Balaban J connectivity index is 0.00000337. The molecule has 3 N–H and O–H groups in total. The van der Waals surface area contributed by atoms with Crippen LogP contribution >= 0.6 is 12.4 Å². The first-order chi connectivity index (χ1) is 19.4. The van der Waals surface area contributed by atoms with Gasteiger partial charge in [-0.15, -0.1) is 12.4 Å². The number of benzene rings is 3. The molecule has 0 saturated carbocycles. The van der Waals surface area contributed by atoms with Gasteiger partial charge in [0.1, 0.15) is 17.6 Å². The highest BCUT2D eigenvalue weighted by Crippen LogP contribution is 2.41. The molecule has 0 atom stereocenters. The molecule has 0 radical (unpaired) electrons. The van der Waals surface area contributed by atoms with Crippen LogP contribution in [-0.4, -0.2) is 51.4 Å². The number of pyridine rings is 1. The van der Waals surface area contributed by atoms with Crippen LogP contribution in [-0.2, 0) is 0 Å². The Labute approximate surface area is 239 Å². The maximum absolute atomic E-state index is 15.0. The van der Waals surface area contributed by atoms with Crippen molar-refractivity contribution in [3.63, 3.8) is 0 Å². The number of H-pyrrole nitrogens is 1. The molecule has 0 aliphatic carbocycles. The summed E-state index contributed by atoms with van der Waals surface area (Å²) in [6.07, 6.45) is 0. The van der Waals surface area contributed by atoms with Gasteiger partial charge in [-0.3, -0.25) is 15.2 Å². The predicted octanol–water partition coefficient (Wildman–Crippen LogP) is 5.41. The molecule has 0 spiro atoms. The Bertz CT molecular complexity index is 1800. The van der Waals surface area contributed by atoms with E-state index in [1.54, 1.807) is 12.1 Å². The first kappa shape index (κ1) is 27.5. The van der Waals surface area contributed by atoms with Crippen LogP contribution in [0.1, 0.15) is 5.56 Å². The second-order valence-corrected chi connectivity index (χ2v) is 9.37. The summed E-state index contributed by atoms with van der Waals surface area (Å²) in [6.45, 7) is 3.53. The molecule has 1 aliphatic rings. The van der Waals surface area contributed by atoms with E-state index >= 15 is 4.39 Å². The highest BCUT2D eigenvalue weighted by atomic mass is 35.5. The molecule has 1 aliphatic heterocycles. The lowest BCUT2D eigenvalue weighted by atomic mass is 9.91. The number of nitro groups is 1. The number of anilines is 1. The third-order valence-electron chi connectivity index (χ3n) is 7.03. The third kappa shape index (κ3) is 5.02. The summed E-state index contributed by atoms with van der Waals surface area (Å²) in [6, 6.07) is 19.7. The first-order valence-corrected chi connectivity index (χ1v) is 12.6. The number of nitro benzene ring substituents is 1. The van der Waals surface area contributed by atoms with Gasteiger partial charge in [-0.05, 0) is 42.0 Å². The number of nitrogens with one attached hydrogen (secondary N) is 2. The van der Waals surface area contributed by atoms with E-state index in [2.05, 4.69) is 31.5 Å². The predicted molar refractivity (Wildman–Crippen MR) is 156 cm³/mol. The molecule has 3 heterocycles. The van der Waals surface area contributed by atoms with Crippen LogP contribution in [0, 0.1) is 27.3 Å². The number of aromatic amines is 1. The summed E-state index contributed by atoms with van der Waals surface area (Å²) >= 11 is 0. The van der Waals surface area contributed by atoms with Gasteiger partial charge >= 0.3 is 0 Å². The minimum Gasteiger partial charge on any atom is -0.508 e. The van der Waals surface area contributed by atoms with Crippen molar-refractivity contribution in [2.45, 2.75) is 0 Å². The Kier molecular flexibility index (Phi) is 7.52. The summed E-state index contributed by atoms with van der Waals surface area (Å²) in [7, 11) is 0. The Hall–Kier alpha value is -5.05. The van der Waals surface area contributed by atoms with Crippen molar-refractivity contribution in [3.8, 4) is 45.5 Å². The van der Waals surface area contributed by atoms with Gasteiger partial charge in [0.25, 0.3) is 5.69 Å². The van der Waals surface area contributed by atoms with Crippen molar-refractivity contribution in [2.75, 3.05) is 31.1 Å². The molecule has 206 valence electrons. The number of hydrogen-bond donors (Lipinski definition) is 3. The lowest BCUT2D eigenvalue weighted by Crippen LogP contribution is -2.43. The number of fused-ring (bicyclic) bond motifs is 1. The van der Waals surface area contributed by atoms with Crippen LogP contribution in [0.4, 0.5) is 15.8 Å². The largest absolute Gasteiger partial charge is 0.508 e. The second-order valence-electron chi connectivity index (χ2n) is 9.37. The molecular formula is C29H23ClFN7O3. The zero-order valence-electron chi connectivity index (χ0n) is 21.5. The smallest absolute Gasteiger partial charge is 0.269 e. The van der Waals surface area contributed by atoms with Crippen molar-refractivity contribution < 1.29 is 14.4 Å². The number of rotatable bonds is 5. The molecule has 12 heteroatoms. The van der Waals surface area contributed by atoms with Gasteiger partial charge < -0.3 is 15.3 Å². The van der Waals surface area contributed by atoms with Crippen LogP contribution < -0.4 is 10.2 Å². The number of hydrogen-bond acceptors (Lipinski definition) is 8. The number of aromatic nitrogens is 3. The maximum atomic E-state index is 15.0. The average Bonchev–Trinajstić information content (AvgIpc) is 3.40. The molecule has 1 saturated heterocycles. The van der Waals surface area contributed by atoms with Crippen LogP contribution in [0.5, 0.6) is 5.75 Å². The molecule has 0 bridgehead atoms. The van der Waals surface area contributed by atoms with E-state index in [0.717, 1.165) is 37.9 Å². The van der Waals surface area contributed by atoms with Gasteiger partial charge in [0.05, 0.1) is 27.3 Å². The van der Waals surface area contributed by atoms with E-state index in [9.17, 15) is 20.5 Å². The number of nitriles is 1. The van der Waals surface area contributed by atoms with Crippen LogP contribution in [0.3, 0.4) is 0 Å². The highest BCUT2D eigenvalue weighted by Gasteiger charge is 2.25. The molecule has 0 unspecified atom stereocenters. The first-order valence-electron chi connectivity index (χ1n) is 12.6. The minimum absolute atomic E-state index is 0. The van der Waals surface area contributed by atoms with Gasteiger partial charge in [-0.25, -0.2) is 9.37 Å². The molecule has 10 nitrogen and oxygen atoms in total. The number of halogens is 2. The van der Waals surface area contributed by atoms with E-state index in [1.807, 2.05) is 24.3 Å². The normalized spacial score (nSPS) is 13.0. The molecule has 5 aromatic rings. The minimum atomic E-state index is -0.727. The number of piperazine rings is 1. The van der Waals surface area contributed by atoms with E-state index in [0.29, 0.717) is 27.8 Å². The Morgan fingerprint density at radius 2 is 1.71 bits per heavy atom. The Morgan fingerprint density at radius 1 is 1.02 bits per heavy atom. The monoisotopic (exact) mass is 571 g/mol. The summed E-state index contributed by atoms with van der Waals surface area (Å²) in [4.78, 5) is 17.5. The molecular weight excluding hydrogens is 549 g/mol. The zero-order chi connectivity index (χ0) is 27.8. The zero-order valence-corrected chi connectivity index (χ0v) is 22.3. The van der Waals surface area contributed by atoms with E-state index in [1.165, 1.54) is 24.3 Å². The van der Waals surface area contributed by atoms with Gasteiger partial charge in [0.15, 0.2) is 5.65 Å². The summed E-state index contributed by atoms with van der Waals surface area (Å²) in [5, 5.41) is 42.5. The van der Waals surface area contributed by atoms with Gasteiger partial charge in [0.2, 0.25) is 0 Å². The topological polar surface area (TPSA) is 144 Å². The van der Waals surface area contributed by atoms with Gasteiger partial charge in [-0.2, -0.15) is 10.4 Å². The molecule has 41 heavy (non-hydrogen) atoms. The Morgan fingerprint density at radius 3 is 2.34 bits per heavy atom. The fraction of sp³-hybridized carbons (Fsp3) is 0.138. The summed E-state index contributed by atoms with van der Waals surface area (Å²) in [5.74, 6) is -0.973. The van der Waals surface area contributed by atoms with Crippen molar-refractivity contribution in [1.82, 2.24) is 20.5 Å². The SMILES string of the molecule is Cl.N#Cc1c(-c2ccc(O)cc2F)nc2n[nH]c(-c3ccc([N+](=O)[O-])cc3)c2c1-c1ccc(N2CCNCC2)cc1. The number of non-ortho nitro benzene ring substituents is 1. The number of aromatic hydroxyl groups is 1. The maximum Gasteiger partial charge on any atom is 0.269 e. The molecule has 6 rings (SSSR count). The van der Waals surface area contributed by atoms with Crippen molar-refractivity contribution in [1.29, 1.82) is 5.26 Å². The van der Waals surface area contributed by atoms with Crippen molar-refractivity contribution in [3.05, 3.63) is 88.2 Å². The summed E-state index contributed by atoms with van der Waals surface area (Å²) in [5.41, 5.74) is 3.85. The molecule has 3 aromatic carbocycles. The van der Waals surface area contributed by atoms with Gasteiger partial charge in [0, 0.05) is 66.8 Å². The summed E-state index contributed by atoms with van der Waals surface area (Å²) < 4.78 is 15.0. The molecule has 1 fully saturated rings. The van der Waals surface area contributed by atoms with Crippen LogP contribution in [0.2, 0.25) is 0 Å². The molecule has 2 aromatic heterocycles. The van der Waals surface area contributed by atoms with E-state index in [-0.39, 0.29) is 46.3 Å². The number of nitrogens with zero attached hydrogens (tertiary/aromatic N) is 5. The molecule has 0 amide bonds. The van der Waals surface area contributed by atoms with E-state index in [4.69, 9.17) is 0 Å². The highest BCUT2D eigenvalue weighted by molar-refractivity contribution is 6.06. The number of phenols is 1. The lowest BCUT2D eigenvalue weighted by molar-refractivity contribution is -0.384. The fourth-order valence-electron chi connectivity index (χ4n) is 5.06. The van der Waals surface area contributed by atoms with Crippen LogP contribution in [0.15, 0.2) is 66.7 Å². The third-order valence-corrected chi connectivity index (χ3v) is 7.03. The standard InChI is InChI=1S/C29H22FN7O3.ClH/c30-24-15-21(38)9-10-22(24)28-23(16-31)25(17-1-5-19(6-2-17)36-13-11-32-12-14-36)26-27(34-35-29(26)33-28)18-3-7-20(8-4-18)37(39)40;/h1-10,15,32,38H,11-14H2,(H,33,34,35);1H. The van der Waals surface area contributed by atoms with E-state index < -0.39 is 10.7 Å². The fourth-order valence-corrected chi connectivity index (χ4v) is 5.06. The van der Waals surface area contributed by atoms with Gasteiger partial charge in [-0.1, -0.05) is 12.1 Å². The quantitative estimate of drug-likeness (QED) is 0.187. The second kappa shape index (κ2) is 11.2. The van der Waals surface area contributed by atoms with Crippen LogP contribution in [0.25, 0.3) is 44.7 Å². The average molecular weight is 572 g/mol. The van der Waals surface area contributed by atoms with Crippen molar-refractivity contribution >= 4 is 34.8 Å². The lowest BCUT2D eigenvalue weighted by Gasteiger charge is -2.29.